The molecule has 222 valence electrons. The topological polar surface area (TPSA) is 99.4 Å². The maximum atomic E-state index is 10.5. The molecule has 0 aromatic rings. The van der Waals surface area contributed by atoms with Gasteiger partial charge in [0.25, 0.3) is 0 Å². The summed E-state index contributed by atoms with van der Waals surface area (Å²) in [7, 11) is 0. The Hall–Kier alpha value is -0.760. The van der Waals surface area contributed by atoms with E-state index in [2.05, 4.69) is 46.8 Å². The Morgan fingerprint density at radius 1 is 1.05 bits per heavy atom. The number of fused-ring (bicyclic) bond motifs is 5. The Morgan fingerprint density at radius 3 is 2.54 bits per heavy atom. The summed E-state index contributed by atoms with van der Waals surface area (Å²) in [5.74, 6) is 3.95. The van der Waals surface area contributed by atoms with Crippen LogP contribution < -0.4 is 0 Å². The fourth-order valence-electron chi connectivity index (χ4n) is 9.92. The van der Waals surface area contributed by atoms with Gasteiger partial charge in [-0.2, -0.15) is 0 Å². The van der Waals surface area contributed by atoms with Crippen molar-refractivity contribution in [3.8, 4) is 0 Å². The number of hydrogen-bond donors (Lipinski definition) is 4. The maximum absolute atomic E-state index is 10.5. The van der Waals surface area contributed by atoms with E-state index in [0.29, 0.717) is 5.41 Å². The van der Waals surface area contributed by atoms with E-state index in [0.717, 1.165) is 48.9 Å². The highest BCUT2D eigenvalue weighted by Crippen LogP contribution is 2.67. The molecule has 3 unspecified atom stereocenters. The highest BCUT2D eigenvalue weighted by molar-refractivity contribution is 5.25. The van der Waals surface area contributed by atoms with Crippen LogP contribution >= 0.6 is 0 Å². The van der Waals surface area contributed by atoms with Gasteiger partial charge in [0.2, 0.25) is 0 Å². The van der Waals surface area contributed by atoms with Crippen LogP contribution in [0.5, 0.6) is 0 Å². The molecule has 0 aromatic carbocycles. The van der Waals surface area contributed by atoms with E-state index < -0.39 is 37.3 Å². The molecule has 39 heavy (non-hydrogen) atoms. The first kappa shape index (κ1) is 29.7. The van der Waals surface area contributed by atoms with E-state index in [1.807, 2.05) is 0 Å². The molecule has 5 rings (SSSR count). The summed E-state index contributed by atoms with van der Waals surface area (Å²) in [6.45, 7) is 11.6. The molecule has 4 N–H and O–H groups in total. The summed E-state index contributed by atoms with van der Waals surface area (Å²) in [4.78, 5) is 0. The largest absolute Gasteiger partial charge is 0.394 e. The Bertz CT molecular complexity index is 925. The molecule has 1 saturated heterocycles. The van der Waals surface area contributed by atoms with Gasteiger partial charge in [-0.1, -0.05) is 44.1 Å². The highest BCUT2D eigenvalue weighted by atomic mass is 16.7. The first-order valence-corrected chi connectivity index (χ1v) is 15.8. The van der Waals surface area contributed by atoms with E-state index in [1.54, 1.807) is 0 Å². The summed E-state index contributed by atoms with van der Waals surface area (Å²) >= 11 is 0. The van der Waals surface area contributed by atoms with Crippen LogP contribution in [0.15, 0.2) is 23.3 Å². The van der Waals surface area contributed by atoms with Gasteiger partial charge in [0.15, 0.2) is 6.29 Å². The van der Waals surface area contributed by atoms with Gasteiger partial charge in [-0.15, -0.1) is 0 Å². The second kappa shape index (κ2) is 11.5. The summed E-state index contributed by atoms with van der Waals surface area (Å²) in [6.07, 6.45) is 10.7. The molecule has 13 atom stereocenters. The van der Waals surface area contributed by atoms with Gasteiger partial charge < -0.3 is 29.9 Å². The van der Waals surface area contributed by atoms with Crippen molar-refractivity contribution < 1.29 is 29.9 Å². The fourth-order valence-corrected chi connectivity index (χ4v) is 9.92. The number of rotatable bonds is 7. The van der Waals surface area contributed by atoms with Crippen molar-refractivity contribution in [1.82, 2.24) is 0 Å². The number of ether oxygens (including phenoxy) is 2. The predicted molar refractivity (Wildman–Crippen MR) is 152 cm³/mol. The lowest BCUT2D eigenvalue weighted by molar-refractivity contribution is -0.313. The molecule has 1 heterocycles. The average molecular weight is 547 g/mol. The lowest BCUT2D eigenvalue weighted by atomic mass is 9.47. The third kappa shape index (κ3) is 5.32. The quantitative estimate of drug-likeness (QED) is 0.330. The molecule has 4 fully saturated rings. The summed E-state index contributed by atoms with van der Waals surface area (Å²) in [5.41, 5.74) is 3.60. The fraction of sp³-hybridized carbons (Fsp3) is 0.879. The lowest BCUT2D eigenvalue weighted by Gasteiger charge is -2.58. The smallest absolute Gasteiger partial charge is 0.186 e. The maximum Gasteiger partial charge on any atom is 0.186 e. The molecule has 4 aliphatic carbocycles. The second-order valence-corrected chi connectivity index (χ2v) is 14.5. The van der Waals surface area contributed by atoms with Crippen molar-refractivity contribution in [2.24, 2.45) is 40.4 Å². The molecule has 0 radical (unpaired) electrons. The van der Waals surface area contributed by atoms with Gasteiger partial charge in [-0.05, 0) is 118 Å². The number of aliphatic hydroxyl groups is 4. The summed E-state index contributed by atoms with van der Waals surface area (Å²) in [6, 6.07) is 0. The van der Waals surface area contributed by atoms with Crippen LogP contribution in [0.3, 0.4) is 0 Å². The van der Waals surface area contributed by atoms with Crippen LogP contribution in [0, 0.1) is 40.4 Å². The van der Waals surface area contributed by atoms with Gasteiger partial charge in [0.1, 0.15) is 24.4 Å². The van der Waals surface area contributed by atoms with Crippen molar-refractivity contribution in [3.05, 3.63) is 23.3 Å². The van der Waals surface area contributed by atoms with Crippen LogP contribution in [0.4, 0.5) is 0 Å². The van der Waals surface area contributed by atoms with Gasteiger partial charge >= 0.3 is 0 Å². The molecule has 0 amide bonds. The Kier molecular flexibility index (Phi) is 8.76. The Labute approximate surface area is 235 Å². The predicted octanol–water partition coefficient (Wildman–Crippen LogP) is 5.13. The van der Waals surface area contributed by atoms with Crippen LogP contribution in [-0.4, -0.2) is 63.8 Å². The van der Waals surface area contributed by atoms with Gasteiger partial charge in [-0.25, -0.2) is 0 Å². The summed E-state index contributed by atoms with van der Waals surface area (Å²) < 4.78 is 11.8. The van der Waals surface area contributed by atoms with Crippen LogP contribution in [-0.2, 0) is 9.47 Å². The van der Waals surface area contributed by atoms with E-state index in [9.17, 15) is 20.4 Å². The second-order valence-electron chi connectivity index (χ2n) is 14.5. The van der Waals surface area contributed by atoms with Gasteiger partial charge in [-0.3, -0.25) is 0 Å². The van der Waals surface area contributed by atoms with Crippen molar-refractivity contribution in [2.45, 2.75) is 136 Å². The SMILES string of the molecule is CC(C)=CCC[C@@H](C)[C@H]1CC[C@H]2[C@@H]3CC=C4C[C@@H](O[C@@H]5OC(CO)[C@@H](O)C(O)C5O)CC[C@]4(C)[C@H]3CC[C@]12C. The Balaban J connectivity index is 1.25. The van der Waals surface area contributed by atoms with Crippen LogP contribution in [0.2, 0.25) is 0 Å². The monoisotopic (exact) mass is 546 g/mol. The Morgan fingerprint density at radius 2 is 1.82 bits per heavy atom. The number of aliphatic hydroxyl groups excluding tert-OH is 4. The van der Waals surface area contributed by atoms with E-state index >= 15 is 0 Å². The normalized spacial score (nSPS) is 48.4. The molecule has 0 bridgehead atoms. The zero-order valence-corrected chi connectivity index (χ0v) is 24.9. The van der Waals surface area contributed by atoms with E-state index in [1.165, 1.54) is 56.1 Å². The molecule has 0 aromatic heterocycles. The van der Waals surface area contributed by atoms with Gasteiger partial charge in [0.05, 0.1) is 12.7 Å². The third-order valence-corrected chi connectivity index (χ3v) is 12.2. The standard InChI is InChI=1S/C33H54O6/c1-19(2)7-6-8-20(3)24-11-12-25-23-10-9-21-17-22(13-15-32(21,4)26(23)14-16-33(24,25)5)38-31-30(37)29(36)28(35)27(18-34)39-31/h7,9,20,22-31,34-37H,6,8,10-18H2,1-5H3/t20-,22+,23+,24-,25+,26+,27?,28-,29?,30?,31-,32+,33-/m1/s1. The highest BCUT2D eigenvalue weighted by Gasteiger charge is 2.59. The average Bonchev–Trinajstić information content (AvgIpc) is 3.26. The minimum Gasteiger partial charge on any atom is -0.394 e. The summed E-state index contributed by atoms with van der Waals surface area (Å²) in [5, 5.41) is 40.3. The van der Waals surface area contributed by atoms with Crippen molar-refractivity contribution in [1.29, 1.82) is 0 Å². The van der Waals surface area contributed by atoms with Crippen LogP contribution in [0.25, 0.3) is 0 Å². The minimum absolute atomic E-state index is 0.103. The number of hydrogen-bond acceptors (Lipinski definition) is 6. The molecule has 1 aliphatic heterocycles. The van der Waals surface area contributed by atoms with Gasteiger partial charge in [0, 0.05) is 0 Å². The van der Waals surface area contributed by atoms with Crippen molar-refractivity contribution >= 4 is 0 Å². The van der Waals surface area contributed by atoms with E-state index in [4.69, 9.17) is 9.47 Å². The zero-order valence-electron chi connectivity index (χ0n) is 24.9. The zero-order chi connectivity index (χ0) is 28.1. The van der Waals surface area contributed by atoms with E-state index in [-0.39, 0.29) is 11.5 Å². The van der Waals surface area contributed by atoms with Crippen LogP contribution in [0.1, 0.15) is 98.8 Å². The molecule has 6 heteroatoms. The molecule has 6 nitrogen and oxygen atoms in total. The molecular weight excluding hydrogens is 492 g/mol. The first-order valence-electron chi connectivity index (χ1n) is 15.8. The molecule has 0 spiro atoms. The first-order chi connectivity index (χ1) is 18.5. The number of allylic oxidation sites excluding steroid dienone is 3. The minimum atomic E-state index is -1.40. The van der Waals surface area contributed by atoms with Crippen molar-refractivity contribution in [2.75, 3.05) is 6.61 Å². The molecular formula is C33H54O6. The lowest BCUT2D eigenvalue weighted by Crippen LogP contribution is -2.60. The molecule has 3 saturated carbocycles. The molecule has 5 aliphatic rings. The third-order valence-electron chi connectivity index (χ3n) is 12.2. The van der Waals surface area contributed by atoms with Crippen molar-refractivity contribution in [3.63, 3.8) is 0 Å².